The van der Waals surface area contributed by atoms with Gasteiger partial charge in [-0.1, -0.05) is 0 Å². The van der Waals surface area contributed by atoms with Gasteiger partial charge >= 0.3 is 0 Å². The molecule has 62 valence electrons. The zero-order valence-electron chi connectivity index (χ0n) is 6.73. The minimum absolute atomic E-state index is 0.375. The third-order valence-corrected chi connectivity index (χ3v) is 1.61. The second kappa shape index (κ2) is 3.07. The Morgan fingerprint density at radius 2 is 2.31 bits per heavy atom. The van der Waals surface area contributed by atoms with Crippen molar-refractivity contribution in [2.24, 2.45) is 0 Å². The molecule has 0 aliphatic rings. The molecule has 0 bridgehead atoms. The average molecular weight is 170 g/mol. The molecule has 0 aliphatic heterocycles. The summed E-state index contributed by atoms with van der Waals surface area (Å²) < 4.78 is 0. The Labute approximate surface area is 74.9 Å². The lowest BCUT2D eigenvalue weighted by molar-refractivity contribution is 1.13. The van der Waals surface area contributed by atoms with Crippen LogP contribution in [0.5, 0.6) is 0 Å². The van der Waals surface area contributed by atoms with Crippen molar-refractivity contribution in [3.8, 4) is 17.6 Å². The highest BCUT2D eigenvalue weighted by molar-refractivity contribution is 5.49. The highest BCUT2D eigenvalue weighted by Crippen LogP contribution is 2.10. The van der Waals surface area contributed by atoms with E-state index in [9.17, 15) is 0 Å². The molecule has 2 aromatic heterocycles. The van der Waals surface area contributed by atoms with E-state index in [0.29, 0.717) is 11.5 Å². The maximum atomic E-state index is 8.61. The Bertz CT molecular complexity index is 439. The molecule has 2 heterocycles. The summed E-state index contributed by atoms with van der Waals surface area (Å²) in [5.41, 5.74) is 1.19. The number of aromatic nitrogens is 3. The summed E-state index contributed by atoms with van der Waals surface area (Å²) in [6.45, 7) is 0. The SMILES string of the molecule is N#Cc1ccnc(-c2ccc[nH]2)n1. The number of H-pyrrole nitrogens is 1. The predicted octanol–water partition coefficient (Wildman–Crippen LogP) is 1.34. The predicted molar refractivity (Wildman–Crippen MR) is 46.5 cm³/mol. The molecule has 0 aliphatic carbocycles. The monoisotopic (exact) mass is 170 g/mol. The van der Waals surface area contributed by atoms with E-state index in [1.54, 1.807) is 18.5 Å². The highest BCUT2D eigenvalue weighted by atomic mass is 14.9. The third kappa shape index (κ3) is 1.40. The quantitative estimate of drug-likeness (QED) is 0.702. The molecule has 13 heavy (non-hydrogen) atoms. The minimum Gasteiger partial charge on any atom is -0.359 e. The van der Waals surface area contributed by atoms with Crippen LogP contribution in [0.4, 0.5) is 0 Å². The molecule has 0 amide bonds. The maximum absolute atomic E-state index is 8.61. The zero-order chi connectivity index (χ0) is 9.10. The molecule has 0 aromatic carbocycles. The van der Waals surface area contributed by atoms with Crippen molar-refractivity contribution in [1.29, 1.82) is 5.26 Å². The third-order valence-electron chi connectivity index (χ3n) is 1.61. The van der Waals surface area contributed by atoms with Gasteiger partial charge in [-0.3, -0.25) is 0 Å². The molecular formula is C9H6N4. The van der Waals surface area contributed by atoms with Crippen LogP contribution in [0.1, 0.15) is 5.69 Å². The Hall–Kier alpha value is -2.15. The molecule has 0 radical (unpaired) electrons. The Morgan fingerprint density at radius 1 is 1.38 bits per heavy atom. The molecule has 0 unspecified atom stereocenters. The first-order valence-electron chi connectivity index (χ1n) is 3.77. The molecular weight excluding hydrogens is 164 g/mol. The van der Waals surface area contributed by atoms with Crippen LogP contribution in [-0.4, -0.2) is 15.0 Å². The number of nitriles is 1. The van der Waals surface area contributed by atoms with Crippen LogP contribution >= 0.6 is 0 Å². The Morgan fingerprint density at radius 3 is 3.00 bits per heavy atom. The normalized spacial score (nSPS) is 9.46. The van der Waals surface area contributed by atoms with Gasteiger partial charge in [0, 0.05) is 12.4 Å². The summed E-state index contributed by atoms with van der Waals surface area (Å²) in [6.07, 6.45) is 3.36. The summed E-state index contributed by atoms with van der Waals surface area (Å²) in [4.78, 5) is 11.0. The molecule has 2 rings (SSSR count). The number of hydrogen-bond acceptors (Lipinski definition) is 3. The van der Waals surface area contributed by atoms with Gasteiger partial charge in [-0.2, -0.15) is 5.26 Å². The molecule has 4 nitrogen and oxygen atoms in total. The maximum Gasteiger partial charge on any atom is 0.177 e. The first kappa shape index (κ1) is 7.50. The average Bonchev–Trinajstić information content (AvgIpc) is 2.71. The number of nitrogens with zero attached hydrogens (tertiary/aromatic N) is 3. The van der Waals surface area contributed by atoms with Crippen LogP contribution in [0.3, 0.4) is 0 Å². The van der Waals surface area contributed by atoms with Crippen LogP contribution in [0, 0.1) is 11.3 Å². The van der Waals surface area contributed by atoms with Gasteiger partial charge in [0.15, 0.2) is 5.82 Å². The van der Waals surface area contributed by atoms with Gasteiger partial charge in [0.25, 0.3) is 0 Å². The first-order chi connectivity index (χ1) is 6.40. The number of hydrogen-bond donors (Lipinski definition) is 1. The van der Waals surface area contributed by atoms with Crippen molar-refractivity contribution in [2.75, 3.05) is 0 Å². The van der Waals surface area contributed by atoms with Crippen LogP contribution in [0.2, 0.25) is 0 Å². The lowest BCUT2D eigenvalue weighted by Gasteiger charge is -1.94. The summed E-state index contributed by atoms with van der Waals surface area (Å²) in [6, 6.07) is 7.26. The molecule has 2 aromatic rings. The largest absolute Gasteiger partial charge is 0.359 e. The lowest BCUT2D eigenvalue weighted by atomic mass is 10.3. The van der Waals surface area contributed by atoms with Crippen molar-refractivity contribution in [1.82, 2.24) is 15.0 Å². The van der Waals surface area contributed by atoms with Gasteiger partial charge in [-0.15, -0.1) is 0 Å². The van der Waals surface area contributed by atoms with E-state index in [2.05, 4.69) is 15.0 Å². The fourth-order valence-corrected chi connectivity index (χ4v) is 1.02. The Kier molecular flexibility index (Phi) is 1.77. The molecule has 0 fully saturated rings. The lowest BCUT2D eigenvalue weighted by Crippen LogP contribution is -1.90. The molecule has 1 N–H and O–H groups in total. The van der Waals surface area contributed by atoms with Gasteiger partial charge < -0.3 is 4.98 Å². The minimum atomic E-state index is 0.375. The van der Waals surface area contributed by atoms with E-state index < -0.39 is 0 Å². The van der Waals surface area contributed by atoms with Crippen LogP contribution in [0.15, 0.2) is 30.6 Å². The van der Waals surface area contributed by atoms with E-state index in [1.165, 1.54) is 0 Å². The molecule has 0 saturated heterocycles. The van der Waals surface area contributed by atoms with Crippen LogP contribution in [-0.2, 0) is 0 Å². The van der Waals surface area contributed by atoms with Gasteiger partial charge in [-0.05, 0) is 18.2 Å². The van der Waals surface area contributed by atoms with Crippen molar-refractivity contribution < 1.29 is 0 Å². The number of aromatic amines is 1. The summed E-state index contributed by atoms with van der Waals surface area (Å²) >= 11 is 0. The Balaban J connectivity index is 2.49. The summed E-state index contributed by atoms with van der Waals surface area (Å²) in [7, 11) is 0. The van der Waals surface area contributed by atoms with Gasteiger partial charge in [-0.25, -0.2) is 9.97 Å². The van der Waals surface area contributed by atoms with Crippen LogP contribution in [0.25, 0.3) is 11.5 Å². The van der Waals surface area contributed by atoms with Crippen molar-refractivity contribution in [3.63, 3.8) is 0 Å². The van der Waals surface area contributed by atoms with E-state index in [-0.39, 0.29) is 0 Å². The highest BCUT2D eigenvalue weighted by Gasteiger charge is 2.01. The first-order valence-corrected chi connectivity index (χ1v) is 3.77. The molecule has 0 spiro atoms. The standard InChI is InChI=1S/C9H6N4/c10-6-7-3-5-12-9(13-7)8-2-1-4-11-8/h1-5,11H. The van der Waals surface area contributed by atoms with Crippen molar-refractivity contribution in [2.45, 2.75) is 0 Å². The molecule has 0 saturated carbocycles. The van der Waals surface area contributed by atoms with Crippen molar-refractivity contribution >= 4 is 0 Å². The second-order valence-corrected chi connectivity index (χ2v) is 2.46. The van der Waals surface area contributed by atoms with Gasteiger partial charge in [0.2, 0.25) is 0 Å². The topological polar surface area (TPSA) is 65.4 Å². The van der Waals surface area contributed by atoms with E-state index in [0.717, 1.165) is 5.69 Å². The number of nitrogens with one attached hydrogen (secondary N) is 1. The molecule has 0 atom stereocenters. The van der Waals surface area contributed by atoms with Gasteiger partial charge in [0.05, 0.1) is 5.69 Å². The smallest absolute Gasteiger partial charge is 0.177 e. The summed E-state index contributed by atoms with van der Waals surface area (Å²) in [5, 5.41) is 8.61. The molecule has 4 heteroatoms. The van der Waals surface area contributed by atoms with Crippen molar-refractivity contribution in [3.05, 3.63) is 36.3 Å². The van der Waals surface area contributed by atoms with Gasteiger partial charge in [0.1, 0.15) is 11.8 Å². The van der Waals surface area contributed by atoms with E-state index >= 15 is 0 Å². The van der Waals surface area contributed by atoms with E-state index in [1.807, 2.05) is 18.2 Å². The van der Waals surface area contributed by atoms with E-state index in [4.69, 9.17) is 5.26 Å². The fourth-order valence-electron chi connectivity index (χ4n) is 1.02. The van der Waals surface area contributed by atoms with Crippen LogP contribution < -0.4 is 0 Å². The fraction of sp³-hybridized carbons (Fsp3) is 0. The zero-order valence-corrected chi connectivity index (χ0v) is 6.73. The number of rotatable bonds is 1. The second-order valence-electron chi connectivity index (χ2n) is 2.46. The summed E-state index contributed by atoms with van der Waals surface area (Å²) in [5.74, 6) is 0.545.